The third-order valence-electron chi connectivity index (χ3n) is 1.29. The molecular formula is C10H15ClN2O4. The average molecular weight is 263 g/mol. The Labute approximate surface area is 105 Å². The monoisotopic (exact) mass is 262 g/mol. The first-order chi connectivity index (χ1) is 7.88. The smallest absolute Gasteiger partial charge is 0.329 e. The normalized spacial score (nSPS) is 7.94. The second kappa shape index (κ2) is 10.7. The zero-order valence-electron chi connectivity index (χ0n) is 9.73. The number of nitrogens with one attached hydrogen (secondary N) is 1. The number of hydrogen-bond donors (Lipinski definition) is 1. The number of hydrogen-bond acceptors (Lipinski definition) is 4. The molecule has 0 radical (unpaired) electrons. The quantitative estimate of drug-likeness (QED) is 0.348. The summed E-state index contributed by atoms with van der Waals surface area (Å²) in [6, 6.07) is 0. The number of rotatable bonds is 4. The molecular weight excluding hydrogens is 248 g/mol. The van der Waals surface area contributed by atoms with E-state index in [0.717, 1.165) is 16.6 Å². The number of ether oxygens (including phenoxy) is 1. The van der Waals surface area contributed by atoms with Gasteiger partial charge in [0.15, 0.2) is 0 Å². The van der Waals surface area contributed by atoms with Gasteiger partial charge >= 0.3 is 5.97 Å². The number of halogens is 1. The van der Waals surface area contributed by atoms with Crippen molar-refractivity contribution in [2.45, 2.75) is 6.92 Å². The molecule has 96 valence electrons. The Balaban J connectivity index is 0. The number of carbonyl (C=O) groups excluding carboxylic acids is 3. The van der Waals surface area contributed by atoms with Crippen molar-refractivity contribution in [3.8, 4) is 0 Å². The zero-order chi connectivity index (χ0) is 13.8. The molecule has 17 heavy (non-hydrogen) atoms. The van der Waals surface area contributed by atoms with Crippen LogP contribution in [0, 0.1) is 0 Å². The topological polar surface area (TPSA) is 75.7 Å². The first-order valence-electron chi connectivity index (χ1n) is 4.43. The molecule has 0 fully saturated rings. The second-order valence-corrected chi connectivity index (χ2v) is 2.92. The Morgan fingerprint density at radius 2 is 1.88 bits per heavy atom. The third kappa shape index (κ3) is 12.1. The summed E-state index contributed by atoms with van der Waals surface area (Å²) in [6.45, 7) is 7.67. The molecule has 0 bridgehead atoms. The summed E-state index contributed by atoms with van der Waals surface area (Å²) in [5, 5.41) is 2.33. The molecule has 0 aliphatic carbocycles. The maximum Gasteiger partial charge on any atom is 0.329 e. The number of esters is 1. The van der Waals surface area contributed by atoms with E-state index in [2.05, 4.69) is 23.2 Å². The summed E-state index contributed by atoms with van der Waals surface area (Å²) in [5.41, 5.74) is 0. The summed E-state index contributed by atoms with van der Waals surface area (Å²) in [5.74, 6) is -1.08. The van der Waals surface area contributed by atoms with Crippen LogP contribution in [-0.2, 0) is 19.1 Å². The summed E-state index contributed by atoms with van der Waals surface area (Å²) in [6.07, 6.45) is 2.21. The van der Waals surface area contributed by atoms with Gasteiger partial charge in [-0.05, 0) is 6.08 Å². The third-order valence-corrected chi connectivity index (χ3v) is 1.64. The summed E-state index contributed by atoms with van der Waals surface area (Å²) in [4.78, 5) is 30.8. The minimum atomic E-state index is -0.394. The average Bonchev–Trinajstić information content (AvgIpc) is 2.34. The van der Waals surface area contributed by atoms with Crippen LogP contribution >= 0.6 is 11.8 Å². The molecule has 0 aliphatic rings. The van der Waals surface area contributed by atoms with E-state index in [1.54, 1.807) is 0 Å². The number of carbonyl (C=O) groups is 3. The van der Waals surface area contributed by atoms with Crippen molar-refractivity contribution in [3.05, 3.63) is 25.3 Å². The van der Waals surface area contributed by atoms with E-state index in [-0.39, 0.29) is 18.5 Å². The van der Waals surface area contributed by atoms with Crippen LogP contribution in [0.5, 0.6) is 0 Å². The zero-order valence-corrected chi connectivity index (χ0v) is 10.5. The first-order valence-corrected chi connectivity index (χ1v) is 4.77. The van der Waals surface area contributed by atoms with Gasteiger partial charge in [0, 0.05) is 24.8 Å². The predicted octanol–water partition coefficient (Wildman–Crippen LogP) is 0.594. The molecule has 0 heterocycles. The highest BCUT2D eigenvalue weighted by Crippen LogP contribution is 1.90. The summed E-state index contributed by atoms with van der Waals surface area (Å²) < 4.78 is 5.00. The fourth-order valence-electron chi connectivity index (χ4n) is 0.414. The Bertz CT molecular complexity index is 305. The predicted molar refractivity (Wildman–Crippen MR) is 63.8 cm³/mol. The lowest BCUT2D eigenvalue weighted by Crippen LogP contribution is -2.33. The van der Waals surface area contributed by atoms with Crippen LogP contribution in [0.15, 0.2) is 25.3 Å². The van der Waals surface area contributed by atoms with Crippen LogP contribution in [0.25, 0.3) is 0 Å². The minimum absolute atomic E-state index is 0.0122. The van der Waals surface area contributed by atoms with E-state index < -0.39 is 5.97 Å². The Morgan fingerprint density at radius 1 is 1.35 bits per heavy atom. The van der Waals surface area contributed by atoms with E-state index >= 15 is 0 Å². The van der Waals surface area contributed by atoms with Crippen LogP contribution in [0.3, 0.4) is 0 Å². The van der Waals surface area contributed by atoms with Crippen molar-refractivity contribution in [2.24, 2.45) is 0 Å². The molecule has 0 rings (SSSR count). The van der Waals surface area contributed by atoms with Crippen molar-refractivity contribution in [1.29, 1.82) is 0 Å². The highest BCUT2D eigenvalue weighted by molar-refractivity contribution is 6.20. The minimum Gasteiger partial charge on any atom is -0.466 e. The van der Waals surface area contributed by atoms with Crippen LogP contribution in [0.1, 0.15) is 6.92 Å². The molecule has 0 aromatic carbocycles. The van der Waals surface area contributed by atoms with Gasteiger partial charge in [0.05, 0.1) is 7.11 Å². The largest absolute Gasteiger partial charge is 0.466 e. The van der Waals surface area contributed by atoms with Crippen LogP contribution in [-0.4, -0.2) is 36.0 Å². The second-order valence-electron chi connectivity index (χ2n) is 2.51. The van der Waals surface area contributed by atoms with E-state index in [1.807, 2.05) is 0 Å². The van der Waals surface area contributed by atoms with Gasteiger partial charge in [-0.1, -0.05) is 13.2 Å². The van der Waals surface area contributed by atoms with Gasteiger partial charge < -0.3 is 10.1 Å². The van der Waals surface area contributed by atoms with Crippen molar-refractivity contribution in [1.82, 2.24) is 9.74 Å². The lowest BCUT2D eigenvalue weighted by Gasteiger charge is -2.10. The van der Waals surface area contributed by atoms with E-state index in [9.17, 15) is 14.4 Å². The number of amides is 2. The van der Waals surface area contributed by atoms with Crippen LogP contribution < -0.4 is 5.32 Å². The van der Waals surface area contributed by atoms with Crippen molar-refractivity contribution < 1.29 is 19.1 Å². The van der Waals surface area contributed by atoms with Gasteiger partial charge in [0.2, 0.25) is 11.8 Å². The highest BCUT2D eigenvalue weighted by Gasteiger charge is 2.03. The Hall–Kier alpha value is -1.82. The first kappa shape index (κ1) is 17.6. The molecule has 1 N–H and O–H groups in total. The standard InChI is InChI=1S/C6H9ClN2O2.C4H6O2/c1-3-6(11)8-4-9(7)5(2)10;1-3-4(5)6-2/h3H,1,4H2,2H3,(H,8,11);3H,1H2,2H3. The van der Waals surface area contributed by atoms with Gasteiger partial charge in [-0.2, -0.15) is 0 Å². The molecule has 0 atom stereocenters. The fourth-order valence-corrected chi connectivity index (χ4v) is 0.474. The summed E-state index contributed by atoms with van der Waals surface area (Å²) >= 11 is 5.35. The molecule has 0 aliphatic heterocycles. The van der Waals surface area contributed by atoms with Gasteiger partial charge in [-0.3, -0.25) is 9.59 Å². The SMILES string of the molecule is C=CC(=O)NCN(Cl)C(C)=O.C=CC(=O)OC. The van der Waals surface area contributed by atoms with E-state index in [1.165, 1.54) is 14.0 Å². The summed E-state index contributed by atoms with van der Waals surface area (Å²) in [7, 11) is 1.31. The molecule has 0 unspecified atom stereocenters. The molecule has 7 heteroatoms. The van der Waals surface area contributed by atoms with Gasteiger partial charge in [-0.25, -0.2) is 9.21 Å². The molecule has 0 spiro atoms. The Morgan fingerprint density at radius 3 is 2.12 bits per heavy atom. The van der Waals surface area contributed by atoms with Gasteiger partial charge in [0.1, 0.15) is 6.67 Å². The number of methoxy groups -OCH3 is 1. The fraction of sp³-hybridized carbons (Fsp3) is 0.300. The molecule has 2 amide bonds. The molecule has 0 saturated carbocycles. The van der Waals surface area contributed by atoms with Crippen molar-refractivity contribution in [2.75, 3.05) is 13.8 Å². The number of nitrogens with zero attached hydrogens (tertiary/aromatic N) is 1. The van der Waals surface area contributed by atoms with Crippen LogP contribution in [0.2, 0.25) is 0 Å². The molecule has 6 nitrogen and oxygen atoms in total. The lowest BCUT2D eigenvalue weighted by atomic mass is 10.6. The Kier molecular flexibility index (Phi) is 11.0. The maximum atomic E-state index is 10.5. The molecule has 0 saturated heterocycles. The highest BCUT2D eigenvalue weighted by atomic mass is 35.5. The van der Waals surface area contributed by atoms with Crippen molar-refractivity contribution in [3.63, 3.8) is 0 Å². The molecule has 0 aromatic rings. The van der Waals surface area contributed by atoms with Crippen LogP contribution in [0.4, 0.5) is 0 Å². The van der Waals surface area contributed by atoms with E-state index in [4.69, 9.17) is 11.8 Å². The van der Waals surface area contributed by atoms with Gasteiger partial charge in [0.25, 0.3) is 0 Å². The van der Waals surface area contributed by atoms with Gasteiger partial charge in [-0.15, -0.1) is 0 Å². The molecule has 0 aromatic heterocycles. The lowest BCUT2D eigenvalue weighted by molar-refractivity contribution is -0.134. The maximum absolute atomic E-state index is 10.5. The van der Waals surface area contributed by atoms with Crippen molar-refractivity contribution >= 4 is 29.6 Å². The van der Waals surface area contributed by atoms with E-state index in [0.29, 0.717) is 0 Å².